The van der Waals surface area contributed by atoms with Crippen molar-refractivity contribution in [3.63, 3.8) is 0 Å². The second kappa shape index (κ2) is 7.50. The zero-order valence-electron chi connectivity index (χ0n) is 17.1. The van der Waals surface area contributed by atoms with Gasteiger partial charge in [-0.15, -0.1) is 0 Å². The molecule has 8 heteroatoms. The quantitative estimate of drug-likeness (QED) is 0.472. The second-order valence-corrected chi connectivity index (χ2v) is 8.75. The maximum absolute atomic E-state index is 13.1. The molecular formula is C21H26N2O6. The highest BCUT2D eigenvalue weighted by Gasteiger charge is 2.56. The number of imide groups is 1. The van der Waals surface area contributed by atoms with Crippen molar-refractivity contribution in [3.05, 3.63) is 29.8 Å². The number of carbonyl (C=O) groups is 4. The molecule has 0 bridgehead atoms. The summed E-state index contributed by atoms with van der Waals surface area (Å²) in [5.74, 6) is -1.13. The summed E-state index contributed by atoms with van der Waals surface area (Å²) in [7, 11) is 1.27. The first-order valence-electron chi connectivity index (χ1n) is 9.58. The summed E-state index contributed by atoms with van der Waals surface area (Å²) < 4.78 is 9.83. The molecule has 0 aromatic heterocycles. The summed E-state index contributed by atoms with van der Waals surface area (Å²) in [6.45, 7) is 5.76. The number of esters is 2. The molecule has 2 aliphatic rings. The zero-order valence-corrected chi connectivity index (χ0v) is 17.1. The average molecular weight is 402 g/mol. The van der Waals surface area contributed by atoms with Crippen LogP contribution in [0.3, 0.4) is 0 Å². The predicted octanol–water partition coefficient (Wildman–Crippen LogP) is 2.52. The van der Waals surface area contributed by atoms with Crippen molar-refractivity contribution in [2.45, 2.75) is 45.6 Å². The highest BCUT2D eigenvalue weighted by molar-refractivity contribution is 6.08. The summed E-state index contributed by atoms with van der Waals surface area (Å²) >= 11 is 0. The Morgan fingerprint density at radius 1 is 1.17 bits per heavy atom. The molecular weight excluding hydrogens is 376 g/mol. The molecule has 1 N–H and O–H groups in total. The summed E-state index contributed by atoms with van der Waals surface area (Å²) in [6.07, 6.45) is 2.07. The van der Waals surface area contributed by atoms with Gasteiger partial charge < -0.3 is 14.8 Å². The molecule has 1 aliphatic carbocycles. The van der Waals surface area contributed by atoms with Crippen LogP contribution in [-0.2, 0) is 14.3 Å². The lowest BCUT2D eigenvalue weighted by molar-refractivity contribution is -0.142. The Hall–Kier alpha value is -2.90. The maximum Gasteiger partial charge on any atom is 0.337 e. The molecule has 1 aromatic carbocycles. The molecule has 0 unspecified atom stereocenters. The summed E-state index contributed by atoms with van der Waals surface area (Å²) in [5, 5.41) is 2.83. The standard InChI is InChI=1S/C21H26N2O6/c1-13-9-20(2,3)12-21(10-13)18(26)23(19(27)22-21)11-16(24)29-15-7-5-14(6-8-15)17(25)28-4/h5-8,13H,9-12H2,1-4H3,(H,22,27)/t13-,21+/m1/s1. The lowest BCUT2D eigenvalue weighted by Gasteiger charge is -2.43. The zero-order chi connectivity index (χ0) is 21.4. The number of urea groups is 1. The van der Waals surface area contributed by atoms with E-state index in [9.17, 15) is 19.2 Å². The third kappa shape index (κ3) is 4.26. The van der Waals surface area contributed by atoms with Gasteiger partial charge in [-0.2, -0.15) is 0 Å². The molecule has 2 fully saturated rings. The summed E-state index contributed by atoms with van der Waals surface area (Å²) in [4.78, 5) is 50.2. The molecule has 1 heterocycles. The number of nitrogens with one attached hydrogen (secondary N) is 1. The van der Waals surface area contributed by atoms with Crippen LogP contribution in [0.2, 0.25) is 0 Å². The largest absolute Gasteiger partial charge is 0.465 e. The van der Waals surface area contributed by atoms with Gasteiger partial charge in [-0.1, -0.05) is 20.8 Å². The number of nitrogens with zero attached hydrogens (tertiary/aromatic N) is 1. The fraction of sp³-hybridized carbons (Fsp3) is 0.524. The number of ether oxygens (including phenoxy) is 2. The van der Waals surface area contributed by atoms with Gasteiger partial charge in [0.15, 0.2) is 0 Å². The summed E-state index contributed by atoms with van der Waals surface area (Å²) in [6, 6.07) is 5.25. The summed E-state index contributed by atoms with van der Waals surface area (Å²) in [5.41, 5.74) is -0.725. The number of rotatable bonds is 4. The van der Waals surface area contributed by atoms with Crippen molar-refractivity contribution in [1.29, 1.82) is 0 Å². The molecule has 1 saturated heterocycles. The Labute approximate surface area is 169 Å². The van der Waals surface area contributed by atoms with Gasteiger partial charge in [0, 0.05) is 0 Å². The number of carbonyl (C=O) groups excluding carboxylic acids is 4. The molecule has 0 radical (unpaired) electrons. The van der Waals surface area contributed by atoms with E-state index in [4.69, 9.17) is 4.74 Å². The predicted molar refractivity (Wildman–Crippen MR) is 103 cm³/mol. The fourth-order valence-electron chi connectivity index (χ4n) is 4.72. The minimum Gasteiger partial charge on any atom is -0.465 e. The SMILES string of the molecule is COC(=O)c1ccc(OC(=O)CN2C(=O)N[C@]3(C[C@H](C)CC(C)(C)C3)C2=O)cc1. The van der Waals surface area contributed by atoms with E-state index >= 15 is 0 Å². The number of benzene rings is 1. The maximum atomic E-state index is 13.1. The van der Waals surface area contributed by atoms with Crippen LogP contribution in [0.25, 0.3) is 0 Å². The minimum absolute atomic E-state index is 0.0848. The van der Waals surface area contributed by atoms with E-state index in [-0.39, 0.29) is 23.0 Å². The van der Waals surface area contributed by atoms with Gasteiger partial charge in [0.1, 0.15) is 17.8 Å². The first-order chi connectivity index (χ1) is 13.5. The van der Waals surface area contributed by atoms with Crippen LogP contribution in [0.4, 0.5) is 4.79 Å². The third-order valence-electron chi connectivity index (χ3n) is 5.42. The fourth-order valence-corrected chi connectivity index (χ4v) is 4.72. The van der Waals surface area contributed by atoms with Crippen molar-refractivity contribution >= 4 is 23.9 Å². The van der Waals surface area contributed by atoms with Gasteiger partial charge in [0.25, 0.3) is 5.91 Å². The van der Waals surface area contributed by atoms with Gasteiger partial charge in [-0.05, 0) is 54.9 Å². The van der Waals surface area contributed by atoms with Crippen LogP contribution in [0.5, 0.6) is 5.75 Å². The normalized spacial score (nSPS) is 25.7. The second-order valence-electron chi connectivity index (χ2n) is 8.75. The number of hydrogen-bond acceptors (Lipinski definition) is 6. The van der Waals surface area contributed by atoms with Crippen LogP contribution >= 0.6 is 0 Å². The molecule has 1 aliphatic heterocycles. The van der Waals surface area contributed by atoms with E-state index in [1.807, 2.05) is 0 Å². The molecule has 29 heavy (non-hydrogen) atoms. The molecule has 3 amide bonds. The number of methoxy groups -OCH3 is 1. The molecule has 8 nitrogen and oxygen atoms in total. The van der Waals surface area contributed by atoms with E-state index < -0.39 is 30.1 Å². The Morgan fingerprint density at radius 3 is 2.41 bits per heavy atom. The molecule has 2 atom stereocenters. The molecule has 1 aromatic rings. The number of hydrogen-bond donors (Lipinski definition) is 1. The monoisotopic (exact) mass is 402 g/mol. The van der Waals surface area contributed by atoms with Crippen LogP contribution in [-0.4, -0.2) is 48.0 Å². The van der Waals surface area contributed by atoms with Crippen LogP contribution in [0, 0.1) is 11.3 Å². The molecule has 3 rings (SSSR count). The molecule has 1 spiro atoms. The van der Waals surface area contributed by atoms with Gasteiger partial charge in [0.05, 0.1) is 12.7 Å². The van der Waals surface area contributed by atoms with E-state index in [1.165, 1.54) is 31.4 Å². The smallest absolute Gasteiger partial charge is 0.337 e. The van der Waals surface area contributed by atoms with Crippen LogP contribution in [0.1, 0.15) is 50.4 Å². The Balaban J connectivity index is 1.67. The topological polar surface area (TPSA) is 102 Å². The van der Waals surface area contributed by atoms with Gasteiger partial charge in [0.2, 0.25) is 0 Å². The van der Waals surface area contributed by atoms with E-state index in [0.29, 0.717) is 18.4 Å². The Kier molecular flexibility index (Phi) is 5.38. The molecule has 156 valence electrons. The van der Waals surface area contributed by atoms with Gasteiger partial charge >= 0.3 is 18.0 Å². The van der Waals surface area contributed by atoms with Crippen molar-refractivity contribution in [2.24, 2.45) is 11.3 Å². The lowest BCUT2D eigenvalue weighted by atomic mass is 9.64. The first-order valence-corrected chi connectivity index (χ1v) is 9.58. The number of amides is 3. The van der Waals surface area contributed by atoms with Crippen molar-refractivity contribution in [2.75, 3.05) is 13.7 Å². The highest BCUT2D eigenvalue weighted by atomic mass is 16.5. The first kappa shape index (κ1) is 20.8. The van der Waals surface area contributed by atoms with Gasteiger partial charge in [-0.25, -0.2) is 14.4 Å². The van der Waals surface area contributed by atoms with E-state index in [2.05, 4.69) is 30.8 Å². The average Bonchev–Trinajstić information content (AvgIpc) is 2.83. The van der Waals surface area contributed by atoms with E-state index in [1.54, 1.807) is 0 Å². The van der Waals surface area contributed by atoms with Crippen LogP contribution < -0.4 is 10.1 Å². The Bertz CT molecular complexity index is 847. The van der Waals surface area contributed by atoms with Crippen molar-refractivity contribution < 1.29 is 28.7 Å². The Morgan fingerprint density at radius 2 is 1.83 bits per heavy atom. The minimum atomic E-state index is -0.958. The van der Waals surface area contributed by atoms with E-state index in [0.717, 1.165) is 11.3 Å². The third-order valence-corrected chi connectivity index (χ3v) is 5.42. The van der Waals surface area contributed by atoms with Crippen LogP contribution in [0.15, 0.2) is 24.3 Å². The van der Waals surface area contributed by atoms with Crippen molar-refractivity contribution in [3.8, 4) is 5.75 Å². The van der Waals surface area contributed by atoms with Gasteiger partial charge in [-0.3, -0.25) is 9.69 Å². The highest BCUT2D eigenvalue weighted by Crippen LogP contribution is 2.46. The molecule has 1 saturated carbocycles. The lowest BCUT2D eigenvalue weighted by Crippen LogP contribution is -2.54. The van der Waals surface area contributed by atoms with Crippen molar-refractivity contribution in [1.82, 2.24) is 10.2 Å².